The van der Waals surface area contributed by atoms with Crippen LogP contribution in [0, 0.1) is 6.92 Å². The highest BCUT2D eigenvalue weighted by Gasteiger charge is 2.26. The van der Waals surface area contributed by atoms with Gasteiger partial charge in [-0.3, -0.25) is 9.36 Å². The van der Waals surface area contributed by atoms with E-state index < -0.39 is 0 Å². The Morgan fingerprint density at radius 3 is 2.60 bits per heavy atom. The topological polar surface area (TPSA) is 67.3 Å². The van der Waals surface area contributed by atoms with E-state index in [1.165, 1.54) is 11.1 Å². The third-order valence-corrected chi connectivity index (χ3v) is 6.03. The Morgan fingerprint density at radius 2 is 1.90 bits per heavy atom. The summed E-state index contributed by atoms with van der Waals surface area (Å²) >= 11 is 0. The number of aromatic nitrogens is 2. The van der Waals surface area contributed by atoms with Crippen molar-refractivity contribution >= 4 is 16.9 Å². The van der Waals surface area contributed by atoms with Crippen molar-refractivity contribution in [1.29, 1.82) is 0 Å². The molecule has 1 N–H and O–H groups in total. The number of rotatable bonds is 5. The lowest BCUT2D eigenvalue weighted by Gasteiger charge is -2.32. The van der Waals surface area contributed by atoms with Crippen LogP contribution in [0.4, 0.5) is 0 Å². The van der Waals surface area contributed by atoms with E-state index in [4.69, 9.17) is 4.74 Å². The van der Waals surface area contributed by atoms with Gasteiger partial charge in [-0.15, -0.1) is 0 Å². The molecule has 0 aliphatic carbocycles. The molecule has 4 rings (SSSR count). The number of ether oxygens (including phenoxy) is 1. The van der Waals surface area contributed by atoms with Crippen LogP contribution in [-0.4, -0.2) is 40.1 Å². The fraction of sp³-hybridized carbons (Fsp3) is 0.417. The van der Waals surface area contributed by atoms with Crippen LogP contribution >= 0.6 is 0 Å². The SMILES string of the molecule is Cc1cc(OCC(=O)N2CCC(n3c(=O)[nH]c4ccccc43)CC2)ccc1C(C)C. The van der Waals surface area contributed by atoms with E-state index in [1.54, 1.807) is 0 Å². The van der Waals surface area contributed by atoms with Crippen LogP contribution in [0.5, 0.6) is 5.75 Å². The van der Waals surface area contributed by atoms with Crippen LogP contribution in [0.15, 0.2) is 47.3 Å². The number of carbonyl (C=O) groups is 1. The van der Waals surface area contributed by atoms with Gasteiger partial charge < -0.3 is 14.6 Å². The molecule has 0 spiro atoms. The molecule has 1 fully saturated rings. The number of nitrogens with zero attached hydrogens (tertiary/aromatic N) is 2. The molecule has 6 nitrogen and oxygen atoms in total. The minimum Gasteiger partial charge on any atom is -0.484 e. The molecule has 0 saturated carbocycles. The Balaban J connectivity index is 1.35. The summed E-state index contributed by atoms with van der Waals surface area (Å²) in [6.07, 6.45) is 1.52. The Kier molecular flexibility index (Phi) is 5.66. The van der Waals surface area contributed by atoms with Gasteiger partial charge in [-0.25, -0.2) is 4.79 Å². The van der Waals surface area contributed by atoms with Gasteiger partial charge in [0.05, 0.1) is 11.0 Å². The smallest absolute Gasteiger partial charge is 0.326 e. The summed E-state index contributed by atoms with van der Waals surface area (Å²) in [5, 5.41) is 0. The Bertz CT molecular complexity index is 1100. The first-order valence-electron chi connectivity index (χ1n) is 10.6. The highest BCUT2D eigenvalue weighted by atomic mass is 16.5. The van der Waals surface area contributed by atoms with Crippen LogP contribution in [0.1, 0.15) is 49.8 Å². The Labute approximate surface area is 176 Å². The molecule has 158 valence electrons. The van der Waals surface area contributed by atoms with Gasteiger partial charge in [0.2, 0.25) is 0 Å². The van der Waals surface area contributed by atoms with Gasteiger partial charge in [0.1, 0.15) is 5.75 Å². The molecule has 6 heteroatoms. The average Bonchev–Trinajstić information content (AvgIpc) is 3.07. The molecule has 1 saturated heterocycles. The molecule has 2 heterocycles. The van der Waals surface area contributed by atoms with Crippen molar-refractivity contribution in [2.75, 3.05) is 19.7 Å². The highest BCUT2D eigenvalue weighted by Crippen LogP contribution is 2.26. The molecule has 0 bridgehead atoms. The molecule has 0 unspecified atom stereocenters. The van der Waals surface area contributed by atoms with Crippen molar-refractivity contribution in [3.05, 3.63) is 64.1 Å². The van der Waals surface area contributed by atoms with Crippen LogP contribution in [0.25, 0.3) is 11.0 Å². The number of imidazole rings is 1. The molecule has 1 aromatic heterocycles. The van der Waals surface area contributed by atoms with E-state index in [-0.39, 0.29) is 24.2 Å². The number of nitrogens with one attached hydrogen (secondary N) is 1. The molecule has 0 atom stereocenters. The van der Waals surface area contributed by atoms with Crippen molar-refractivity contribution in [1.82, 2.24) is 14.5 Å². The van der Waals surface area contributed by atoms with Crippen molar-refractivity contribution in [2.45, 2.75) is 45.6 Å². The maximum Gasteiger partial charge on any atom is 0.326 e. The zero-order chi connectivity index (χ0) is 21.3. The molecule has 3 aromatic rings. The molecule has 30 heavy (non-hydrogen) atoms. The van der Waals surface area contributed by atoms with E-state index in [0.29, 0.717) is 19.0 Å². The zero-order valence-electron chi connectivity index (χ0n) is 17.9. The summed E-state index contributed by atoms with van der Waals surface area (Å²) < 4.78 is 7.60. The number of aryl methyl sites for hydroxylation is 1. The number of carbonyl (C=O) groups excluding carboxylic acids is 1. The molecule has 1 aliphatic heterocycles. The third-order valence-electron chi connectivity index (χ3n) is 6.03. The second-order valence-electron chi connectivity index (χ2n) is 8.39. The number of fused-ring (bicyclic) bond motifs is 1. The number of piperidine rings is 1. The second kappa shape index (κ2) is 8.38. The van der Waals surface area contributed by atoms with Gasteiger partial charge in [0.25, 0.3) is 5.91 Å². The first kappa shape index (κ1) is 20.3. The van der Waals surface area contributed by atoms with E-state index in [0.717, 1.165) is 29.6 Å². The van der Waals surface area contributed by atoms with Crippen molar-refractivity contribution in [2.24, 2.45) is 0 Å². The lowest BCUT2D eigenvalue weighted by molar-refractivity contribution is -0.134. The summed E-state index contributed by atoms with van der Waals surface area (Å²) in [4.78, 5) is 29.8. The standard InChI is InChI=1S/C24H29N3O3/c1-16(2)20-9-8-19(14-17(20)3)30-15-23(28)26-12-10-18(11-13-26)27-22-7-5-4-6-21(22)25-24(27)29/h4-9,14,16,18H,10-13,15H2,1-3H3,(H,25,29). The lowest BCUT2D eigenvalue weighted by atomic mass is 9.98. The summed E-state index contributed by atoms with van der Waals surface area (Å²) in [7, 11) is 0. The maximum absolute atomic E-state index is 12.6. The number of benzene rings is 2. The number of likely N-dealkylation sites (tertiary alicyclic amines) is 1. The Hall–Kier alpha value is -3.02. The number of para-hydroxylation sites is 2. The summed E-state index contributed by atoms with van der Waals surface area (Å²) in [5.41, 5.74) is 4.18. The lowest BCUT2D eigenvalue weighted by Crippen LogP contribution is -2.42. The number of hydrogen-bond donors (Lipinski definition) is 1. The normalized spacial score (nSPS) is 15.1. The van der Waals surface area contributed by atoms with E-state index in [9.17, 15) is 9.59 Å². The molecule has 2 aromatic carbocycles. The maximum atomic E-state index is 12.6. The van der Waals surface area contributed by atoms with Crippen LogP contribution in [0.3, 0.4) is 0 Å². The van der Waals surface area contributed by atoms with E-state index in [1.807, 2.05) is 45.9 Å². The van der Waals surface area contributed by atoms with Crippen molar-refractivity contribution < 1.29 is 9.53 Å². The van der Waals surface area contributed by atoms with Gasteiger partial charge >= 0.3 is 5.69 Å². The van der Waals surface area contributed by atoms with Gasteiger partial charge in [-0.2, -0.15) is 0 Å². The van der Waals surface area contributed by atoms with Gasteiger partial charge in [0.15, 0.2) is 6.61 Å². The molecule has 0 radical (unpaired) electrons. The zero-order valence-corrected chi connectivity index (χ0v) is 17.9. The minimum atomic E-state index is -0.0791. The highest BCUT2D eigenvalue weighted by molar-refractivity contribution is 5.78. The number of amides is 1. The minimum absolute atomic E-state index is 0.00897. The molecular weight excluding hydrogens is 378 g/mol. The van der Waals surface area contributed by atoms with E-state index in [2.05, 4.69) is 31.8 Å². The summed E-state index contributed by atoms with van der Waals surface area (Å²) in [6.45, 7) is 7.70. The van der Waals surface area contributed by atoms with Crippen LogP contribution in [-0.2, 0) is 4.79 Å². The fourth-order valence-electron chi connectivity index (χ4n) is 4.43. The fourth-order valence-corrected chi connectivity index (χ4v) is 4.43. The first-order valence-corrected chi connectivity index (χ1v) is 10.6. The summed E-state index contributed by atoms with van der Waals surface area (Å²) in [6, 6.07) is 13.8. The van der Waals surface area contributed by atoms with Crippen molar-refractivity contribution in [3.63, 3.8) is 0 Å². The molecule has 1 aliphatic rings. The van der Waals surface area contributed by atoms with Crippen LogP contribution in [0.2, 0.25) is 0 Å². The monoisotopic (exact) mass is 407 g/mol. The summed E-state index contributed by atoms with van der Waals surface area (Å²) in [5.74, 6) is 1.18. The predicted molar refractivity (Wildman–Crippen MR) is 118 cm³/mol. The number of hydrogen-bond acceptors (Lipinski definition) is 3. The largest absolute Gasteiger partial charge is 0.484 e. The third kappa shape index (κ3) is 3.99. The number of H-pyrrole nitrogens is 1. The first-order chi connectivity index (χ1) is 14.4. The average molecular weight is 408 g/mol. The van der Waals surface area contributed by atoms with Gasteiger partial charge in [0, 0.05) is 19.1 Å². The molecule has 1 amide bonds. The van der Waals surface area contributed by atoms with Crippen molar-refractivity contribution in [3.8, 4) is 5.75 Å². The quantitative estimate of drug-likeness (QED) is 0.695. The number of aromatic amines is 1. The van der Waals surface area contributed by atoms with Gasteiger partial charge in [-0.1, -0.05) is 32.0 Å². The molecular formula is C24H29N3O3. The Morgan fingerprint density at radius 1 is 1.17 bits per heavy atom. The second-order valence-corrected chi connectivity index (χ2v) is 8.39. The van der Waals surface area contributed by atoms with Gasteiger partial charge in [-0.05, 0) is 61.1 Å². The predicted octanol–water partition coefficient (Wildman–Crippen LogP) is 4.00. The van der Waals surface area contributed by atoms with Crippen LogP contribution < -0.4 is 10.4 Å². The van der Waals surface area contributed by atoms with E-state index >= 15 is 0 Å².